The number of likely N-dealkylation sites (N-methyl/N-ethyl adjacent to an activating group) is 1. The zero-order chi connectivity index (χ0) is 25.8. The predicted molar refractivity (Wildman–Crippen MR) is 141 cm³/mol. The minimum atomic E-state index is -0.258. The van der Waals surface area contributed by atoms with Crippen molar-refractivity contribution in [1.29, 1.82) is 5.26 Å². The largest absolute Gasteiger partial charge is 0.383 e. The minimum absolute atomic E-state index is 0.0391. The molecule has 0 aliphatic heterocycles. The molecule has 2 aromatic carbocycles. The number of carbonyl (C=O) groups excluding carboxylic acids is 2. The lowest BCUT2D eigenvalue weighted by molar-refractivity contribution is 0.0744. The van der Waals surface area contributed by atoms with Crippen molar-refractivity contribution in [3.05, 3.63) is 53.6 Å². The quantitative estimate of drug-likeness (QED) is 0.459. The lowest BCUT2D eigenvalue weighted by Gasteiger charge is -2.30. The maximum Gasteiger partial charge on any atom is 0.319 e. The van der Waals surface area contributed by atoms with E-state index < -0.39 is 0 Å². The molecule has 36 heavy (non-hydrogen) atoms. The van der Waals surface area contributed by atoms with Gasteiger partial charge < -0.3 is 24.8 Å². The monoisotopic (exact) mass is 487 g/mol. The first kappa shape index (κ1) is 25.3. The molecule has 0 atom stereocenters. The van der Waals surface area contributed by atoms with Gasteiger partial charge in [-0.15, -0.1) is 0 Å². The van der Waals surface area contributed by atoms with Gasteiger partial charge in [-0.1, -0.05) is 12.1 Å². The number of methoxy groups -OCH3 is 1. The third-order valence-electron chi connectivity index (χ3n) is 6.62. The van der Waals surface area contributed by atoms with Crippen molar-refractivity contribution in [3.63, 3.8) is 0 Å². The maximum atomic E-state index is 13.0. The second kappa shape index (κ2) is 10.8. The van der Waals surface area contributed by atoms with Crippen LogP contribution in [0.15, 0.2) is 42.5 Å². The molecular formula is C28H33N5O3. The fourth-order valence-electron chi connectivity index (χ4n) is 4.56. The van der Waals surface area contributed by atoms with Crippen LogP contribution in [0.1, 0.15) is 55.1 Å². The van der Waals surface area contributed by atoms with Gasteiger partial charge in [-0.05, 0) is 69.0 Å². The molecule has 4 rings (SSSR count). The molecule has 1 aliphatic carbocycles. The average molecular weight is 488 g/mol. The molecule has 1 fully saturated rings. The third kappa shape index (κ3) is 5.07. The molecule has 3 amide bonds. The van der Waals surface area contributed by atoms with E-state index in [9.17, 15) is 14.9 Å². The standard InChI is InChI=1S/C28H33N5O3/c1-18(2)30-28(35)31-21-11-8-19(9-12-21)26-24(17-29)23-16-20(27(34)32(3)14-15-36-4)10-13-25(23)33(26)22-6-5-7-22/h8-13,16,18,22H,5-7,14-15H2,1-4H3,(H2,30,31,35). The SMILES string of the molecule is COCCN(C)C(=O)c1ccc2c(c1)c(C#N)c(-c1ccc(NC(=O)NC(C)C)cc1)n2C1CCC1. The van der Waals surface area contributed by atoms with E-state index in [1.807, 2.05) is 56.3 Å². The highest BCUT2D eigenvalue weighted by molar-refractivity contribution is 6.02. The first-order chi connectivity index (χ1) is 17.3. The van der Waals surface area contributed by atoms with Gasteiger partial charge in [0.05, 0.1) is 23.4 Å². The van der Waals surface area contributed by atoms with Crippen LogP contribution >= 0.6 is 0 Å². The van der Waals surface area contributed by atoms with E-state index in [-0.39, 0.29) is 18.0 Å². The van der Waals surface area contributed by atoms with Gasteiger partial charge in [-0.3, -0.25) is 4.79 Å². The van der Waals surface area contributed by atoms with Crippen LogP contribution in [0.3, 0.4) is 0 Å². The third-order valence-corrected chi connectivity index (χ3v) is 6.62. The van der Waals surface area contributed by atoms with Gasteiger partial charge in [0.15, 0.2) is 0 Å². The molecule has 2 N–H and O–H groups in total. The molecule has 188 valence electrons. The van der Waals surface area contributed by atoms with Gasteiger partial charge >= 0.3 is 6.03 Å². The number of amides is 3. The highest BCUT2D eigenvalue weighted by Gasteiger charge is 2.28. The molecule has 0 bridgehead atoms. The van der Waals surface area contributed by atoms with Gasteiger partial charge in [0, 0.05) is 49.4 Å². The van der Waals surface area contributed by atoms with Crippen molar-refractivity contribution in [2.75, 3.05) is 32.6 Å². The fraction of sp³-hybridized carbons (Fsp3) is 0.393. The number of urea groups is 1. The van der Waals surface area contributed by atoms with Crippen LogP contribution in [0, 0.1) is 11.3 Å². The average Bonchev–Trinajstić information content (AvgIpc) is 3.14. The van der Waals surface area contributed by atoms with Gasteiger partial charge in [0.2, 0.25) is 0 Å². The lowest BCUT2D eigenvalue weighted by Crippen LogP contribution is -2.34. The summed E-state index contributed by atoms with van der Waals surface area (Å²) in [6.07, 6.45) is 3.26. The number of benzene rings is 2. The Kier molecular flexibility index (Phi) is 7.61. The summed E-state index contributed by atoms with van der Waals surface area (Å²) in [5.74, 6) is -0.106. The Morgan fingerprint density at radius 1 is 1.19 bits per heavy atom. The van der Waals surface area contributed by atoms with E-state index in [0.29, 0.717) is 36.0 Å². The zero-order valence-electron chi connectivity index (χ0n) is 21.3. The molecule has 0 radical (unpaired) electrons. The van der Waals surface area contributed by atoms with Crippen molar-refractivity contribution in [2.24, 2.45) is 0 Å². The molecule has 1 saturated carbocycles. The second-order valence-corrected chi connectivity index (χ2v) is 9.57. The number of anilines is 1. The molecule has 8 nitrogen and oxygen atoms in total. The van der Waals surface area contributed by atoms with Gasteiger partial charge in [-0.25, -0.2) is 4.79 Å². The lowest BCUT2D eigenvalue weighted by atomic mass is 9.92. The second-order valence-electron chi connectivity index (χ2n) is 9.57. The Labute approximate surface area is 211 Å². The summed E-state index contributed by atoms with van der Waals surface area (Å²) in [5.41, 5.74) is 4.49. The van der Waals surface area contributed by atoms with Crippen LogP contribution in [-0.4, -0.2) is 54.8 Å². The number of nitrogens with zero attached hydrogens (tertiary/aromatic N) is 3. The van der Waals surface area contributed by atoms with Crippen molar-refractivity contribution in [2.45, 2.75) is 45.2 Å². The summed E-state index contributed by atoms with van der Waals surface area (Å²) >= 11 is 0. The Balaban J connectivity index is 1.75. The number of hydrogen-bond donors (Lipinski definition) is 2. The number of aromatic nitrogens is 1. The first-order valence-corrected chi connectivity index (χ1v) is 12.3. The summed E-state index contributed by atoms with van der Waals surface area (Å²) in [6, 6.07) is 15.7. The molecule has 8 heteroatoms. The predicted octanol–water partition coefficient (Wildman–Crippen LogP) is 5.15. The van der Waals surface area contributed by atoms with E-state index >= 15 is 0 Å². The fourth-order valence-corrected chi connectivity index (χ4v) is 4.56. The number of ether oxygens (including phenoxy) is 1. The molecule has 0 saturated heterocycles. The maximum absolute atomic E-state index is 13.0. The summed E-state index contributed by atoms with van der Waals surface area (Å²) in [7, 11) is 3.36. The Morgan fingerprint density at radius 3 is 2.50 bits per heavy atom. The van der Waals surface area contributed by atoms with Crippen molar-refractivity contribution in [3.8, 4) is 17.3 Å². The van der Waals surface area contributed by atoms with Crippen LogP contribution in [-0.2, 0) is 4.74 Å². The van der Waals surface area contributed by atoms with E-state index in [0.717, 1.165) is 41.4 Å². The van der Waals surface area contributed by atoms with Crippen LogP contribution in [0.5, 0.6) is 0 Å². The number of hydrogen-bond acceptors (Lipinski definition) is 4. The van der Waals surface area contributed by atoms with Gasteiger partial charge in [0.1, 0.15) is 6.07 Å². The number of fused-ring (bicyclic) bond motifs is 1. The summed E-state index contributed by atoms with van der Waals surface area (Å²) < 4.78 is 7.36. The van der Waals surface area contributed by atoms with Gasteiger partial charge in [-0.2, -0.15) is 5.26 Å². The van der Waals surface area contributed by atoms with E-state index in [1.54, 1.807) is 19.1 Å². The van der Waals surface area contributed by atoms with Crippen LogP contribution < -0.4 is 10.6 Å². The van der Waals surface area contributed by atoms with Crippen LogP contribution in [0.2, 0.25) is 0 Å². The number of nitriles is 1. The molecule has 1 heterocycles. The van der Waals surface area contributed by atoms with E-state index in [1.165, 1.54) is 0 Å². The normalized spacial score (nSPS) is 13.3. The van der Waals surface area contributed by atoms with Crippen molar-refractivity contribution < 1.29 is 14.3 Å². The highest BCUT2D eigenvalue weighted by Crippen LogP contribution is 2.42. The minimum Gasteiger partial charge on any atom is -0.383 e. The molecule has 1 aliphatic rings. The number of carbonyl (C=O) groups is 2. The number of rotatable bonds is 8. The van der Waals surface area contributed by atoms with Crippen LogP contribution in [0.4, 0.5) is 10.5 Å². The summed E-state index contributed by atoms with van der Waals surface area (Å²) in [5, 5.41) is 16.7. The number of nitrogens with one attached hydrogen (secondary N) is 2. The van der Waals surface area contributed by atoms with E-state index in [4.69, 9.17) is 4.74 Å². The molecule has 0 unspecified atom stereocenters. The van der Waals surface area contributed by atoms with Crippen molar-refractivity contribution in [1.82, 2.24) is 14.8 Å². The highest BCUT2D eigenvalue weighted by atomic mass is 16.5. The summed E-state index contributed by atoms with van der Waals surface area (Å²) in [4.78, 5) is 26.7. The molecule has 1 aromatic heterocycles. The topological polar surface area (TPSA) is 99.4 Å². The molecule has 0 spiro atoms. The Bertz CT molecular complexity index is 1300. The Morgan fingerprint density at radius 2 is 1.92 bits per heavy atom. The van der Waals surface area contributed by atoms with Crippen LogP contribution in [0.25, 0.3) is 22.2 Å². The molecule has 3 aromatic rings. The summed E-state index contributed by atoms with van der Waals surface area (Å²) in [6.45, 7) is 4.76. The van der Waals surface area contributed by atoms with E-state index in [2.05, 4.69) is 21.3 Å². The molecular weight excluding hydrogens is 454 g/mol. The zero-order valence-corrected chi connectivity index (χ0v) is 21.3. The first-order valence-electron chi connectivity index (χ1n) is 12.3. The smallest absolute Gasteiger partial charge is 0.319 e. The Hall–Kier alpha value is -3.83. The van der Waals surface area contributed by atoms with Crippen molar-refractivity contribution >= 4 is 28.5 Å². The van der Waals surface area contributed by atoms with Gasteiger partial charge in [0.25, 0.3) is 5.91 Å².